The topological polar surface area (TPSA) is 43.9 Å². The maximum Gasteiger partial charge on any atom is 0.225 e. The standard InChI is InChI=1S/C25H37N3O2S/c1-5-27(19(2)17-20-8-9-23-22(18-20)12-16-31-23)13-6-7-24(29)28-14-10-21(11-15-28)25(30)26(3)4/h8-9,12,16,18-19,21H,5-7,10-11,13-15,17H2,1-4H3. The molecule has 170 valence electrons. The second-order valence-corrected chi connectivity index (χ2v) is 9.91. The number of piperidine rings is 1. The van der Waals surface area contributed by atoms with Gasteiger partial charge >= 0.3 is 0 Å². The van der Waals surface area contributed by atoms with Gasteiger partial charge in [-0.15, -0.1) is 11.3 Å². The summed E-state index contributed by atoms with van der Waals surface area (Å²) in [6.07, 6.45) is 4.08. The summed E-state index contributed by atoms with van der Waals surface area (Å²) in [6, 6.07) is 9.42. The van der Waals surface area contributed by atoms with E-state index in [9.17, 15) is 9.59 Å². The van der Waals surface area contributed by atoms with Crippen LogP contribution in [0.3, 0.4) is 0 Å². The molecule has 0 radical (unpaired) electrons. The maximum atomic E-state index is 12.7. The molecule has 0 saturated carbocycles. The van der Waals surface area contributed by atoms with Crippen LogP contribution < -0.4 is 0 Å². The number of fused-ring (bicyclic) bond motifs is 1. The fourth-order valence-electron chi connectivity index (χ4n) is 4.64. The predicted molar refractivity (Wildman–Crippen MR) is 129 cm³/mol. The molecule has 1 unspecified atom stereocenters. The van der Waals surface area contributed by atoms with Crippen molar-refractivity contribution in [1.29, 1.82) is 0 Å². The Kier molecular flexibility index (Phi) is 8.50. The lowest BCUT2D eigenvalue weighted by Gasteiger charge is -2.33. The lowest BCUT2D eigenvalue weighted by molar-refractivity contribution is -0.139. The summed E-state index contributed by atoms with van der Waals surface area (Å²) in [5, 5.41) is 3.48. The van der Waals surface area contributed by atoms with E-state index in [0.29, 0.717) is 25.6 Å². The molecule has 1 aromatic heterocycles. The number of likely N-dealkylation sites (N-methyl/N-ethyl adjacent to an activating group) is 1. The molecule has 5 nitrogen and oxygen atoms in total. The third kappa shape index (κ3) is 6.30. The molecule has 1 saturated heterocycles. The van der Waals surface area contributed by atoms with Crippen LogP contribution in [0, 0.1) is 5.92 Å². The van der Waals surface area contributed by atoms with Crippen LogP contribution in [-0.4, -0.2) is 72.8 Å². The monoisotopic (exact) mass is 443 g/mol. The fourth-order valence-corrected chi connectivity index (χ4v) is 5.41. The Labute approximate surface area is 191 Å². The average Bonchev–Trinajstić information content (AvgIpc) is 3.24. The molecule has 31 heavy (non-hydrogen) atoms. The number of nitrogens with zero attached hydrogens (tertiary/aromatic N) is 3. The molecule has 1 aliphatic heterocycles. The first-order chi connectivity index (χ1) is 14.9. The van der Waals surface area contributed by atoms with Crippen LogP contribution in [0.4, 0.5) is 0 Å². The average molecular weight is 444 g/mol. The molecule has 1 fully saturated rings. The zero-order chi connectivity index (χ0) is 22.4. The van der Waals surface area contributed by atoms with Crippen molar-refractivity contribution in [1.82, 2.24) is 14.7 Å². The minimum absolute atomic E-state index is 0.0729. The maximum absolute atomic E-state index is 12.7. The molecule has 3 rings (SSSR count). The number of amides is 2. The summed E-state index contributed by atoms with van der Waals surface area (Å²) < 4.78 is 1.34. The van der Waals surface area contributed by atoms with Crippen molar-refractivity contribution in [3.8, 4) is 0 Å². The normalized spacial score (nSPS) is 16.1. The molecule has 2 amide bonds. The summed E-state index contributed by atoms with van der Waals surface area (Å²) in [4.78, 5) is 30.9. The number of benzene rings is 1. The Hall–Kier alpha value is -1.92. The van der Waals surface area contributed by atoms with Gasteiger partial charge in [0.2, 0.25) is 11.8 Å². The van der Waals surface area contributed by atoms with Gasteiger partial charge in [0.1, 0.15) is 0 Å². The van der Waals surface area contributed by atoms with Crippen LogP contribution in [0.15, 0.2) is 29.6 Å². The smallest absolute Gasteiger partial charge is 0.225 e. The van der Waals surface area contributed by atoms with Gasteiger partial charge in [-0.25, -0.2) is 0 Å². The molecule has 1 aromatic carbocycles. The molecule has 0 spiro atoms. The molecule has 0 bridgehead atoms. The quantitative estimate of drug-likeness (QED) is 0.582. The molecule has 2 heterocycles. The minimum Gasteiger partial charge on any atom is -0.349 e. The third-order valence-electron chi connectivity index (χ3n) is 6.55. The first-order valence-corrected chi connectivity index (χ1v) is 12.5. The van der Waals surface area contributed by atoms with E-state index in [1.807, 2.05) is 4.90 Å². The molecular weight excluding hydrogens is 406 g/mol. The van der Waals surface area contributed by atoms with Gasteiger partial charge in [0.15, 0.2) is 0 Å². The van der Waals surface area contributed by atoms with Crippen molar-refractivity contribution >= 4 is 33.2 Å². The lowest BCUT2D eigenvalue weighted by atomic mass is 9.95. The van der Waals surface area contributed by atoms with Gasteiger partial charge in [-0.3, -0.25) is 9.59 Å². The Bertz CT molecular complexity index is 871. The van der Waals surface area contributed by atoms with Gasteiger partial charge in [0.25, 0.3) is 0 Å². The second-order valence-electron chi connectivity index (χ2n) is 8.97. The van der Waals surface area contributed by atoms with E-state index >= 15 is 0 Å². The first kappa shape index (κ1) is 23.7. The van der Waals surface area contributed by atoms with Crippen LogP contribution >= 0.6 is 11.3 Å². The molecule has 0 N–H and O–H groups in total. The van der Waals surface area contributed by atoms with Crippen molar-refractivity contribution < 1.29 is 9.59 Å². The third-order valence-corrected chi connectivity index (χ3v) is 7.45. The van der Waals surface area contributed by atoms with E-state index in [1.54, 1.807) is 30.3 Å². The number of likely N-dealkylation sites (tertiary alicyclic amines) is 1. The van der Waals surface area contributed by atoms with E-state index in [-0.39, 0.29) is 17.7 Å². The zero-order valence-electron chi connectivity index (χ0n) is 19.5. The highest BCUT2D eigenvalue weighted by Gasteiger charge is 2.28. The fraction of sp³-hybridized carbons (Fsp3) is 0.600. The van der Waals surface area contributed by atoms with E-state index in [0.717, 1.165) is 38.8 Å². The largest absolute Gasteiger partial charge is 0.349 e. The number of rotatable bonds is 9. The molecule has 1 atom stereocenters. The number of carbonyl (C=O) groups excluding carboxylic acids is 2. The van der Waals surface area contributed by atoms with Gasteiger partial charge in [-0.1, -0.05) is 19.1 Å². The summed E-state index contributed by atoms with van der Waals surface area (Å²) >= 11 is 1.79. The summed E-state index contributed by atoms with van der Waals surface area (Å²) in [7, 11) is 3.61. The highest BCUT2D eigenvalue weighted by atomic mass is 32.1. The summed E-state index contributed by atoms with van der Waals surface area (Å²) in [5.74, 6) is 0.504. The van der Waals surface area contributed by atoms with Gasteiger partial charge in [0, 0.05) is 50.3 Å². The number of carbonyl (C=O) groups is 2. The Morgan fingerprint density at radius 3 is 2.61 bits per heavy atom. The van der Waals surface area contributed by atoms with Crippen molar-refractivity contribution in [2.24, 2.45) is 5.92 Å². The van der Waals surface area contributed by atoms with Gasteiger partial charge < -0.3 is 14.7 Å². The molecule has 2 aromatic rings. The summed E-state index contributed by atoms with van der Waals surface area (Å²) in [5.41, 5.74) is 1.38. The van der Waals surface area contributed by atoms with Crippen molar-refractivity contribution in [2.45, 2.75) is 52.0 Å². The Balaban J connectivity index is 1.41. The molecule has 6 heteroatoms. The van der Waals surface area contributed by atoms with E-state index in [4.69, 9.17) is 0 Å². The number of thiophene rings is 1. The predicted octanol–water partition coefficient (Wildman–Crippen LogP) is 4.26. The lowest BCUT2D eigenvalue weighted by Crippen LogP contribution is -2.43. The van der Waals surface area contributed by atoms with Gasteiger partial charge in [0.05, 0.1) is 0 Å². The highest BCUT2D eigenvalue weighted by molar-refractivity contribution is 7.17. The van der Waals surface area contributed by atoms with Crippen LogP contribution in [0.1, 0.15) is 45.1 Å². The second kappa shape index (κ2) is 11.1. The van der Waals surface area contributed by atoms with E-state index in [1.165, 1.54) is 15.6 Å². The SMILES string of the molecule is CCN(CCCC(=O)N1CCC(C(=O)N(C)C)CC1)C(C)Cc1ccc2sccc2c1. The molecule has 0 aliphatic carbocycles. The number of hydrogen-bond acceptors (Lipinski definition) is 4. The zero-order valence-corrected chi connectivity index (χ0v) is 20.3. The first-order valence-electron chi connectivity index (χ1n) is 11.6. The van der Waals surface area contributed by atoms with Crippen LogP contribution in [-0.2, 0) is 16.0 Å². The molecule has 1 aliphatic rings. The van der Waals surface area contributed by atoms with Crippen molar-refractivity contribution in [3.05, 3.63) is 35.2 Å². The van der Waals surface area contributed by atoms with Crippen LogP contribution in [0.25, 0.3) is 10.1 Å². The highest BCUT2D eigenvalue weighted by Crippen LogP contribution is 2.23. The van der Waals surface area contributed by atoms with Gasteiger partial charge in [-0.2, -0.15) is 0 Å². The van der Waals surface area contributed by atoms with Gasteiger partial charge in [-0.05, 0) is 74.2 Å². The minimum atomic E-state index is 0.0729. The summed E-state index contributed by atoms with van der Waals surface area (Å²) in [6.45, 7) is 7.85. The Morgan fingerprint density at radius 1 is 1.19 bits per heavy atom. The molecular formula is C25H37N3O2S. The van der Waals surface area contributed by atoms with Crippen molar-refractivity contribution in [2.75, 3.05) is 40.3 Å². The van der Waals surface area contributed by atoms with Crippen LogP contribution in [0.2, 0.25) is 0 Å². The van der Waals surface area contributed by atoms with E-state index < -0.39 is 0 Å². The van der Waals surface area contributed by atoms with E-state index in [2.05, 4.69) is 48.4 Å². The Morgan fingerprint density at radius 2 is 1.94 bits per heavy atom. The number of hydrogen-bond donors (Lipinski definition) is 0. The van der Waals surface area contributed by atoms with Crippen molar-refractivity contribution in [3.63, 3.8) is 0 Å². The van der Waals surface area contributed by atoms with Crippen LogP contribution in [0.5, 0.6) is 0 Å².